The summed E-state index contributed by atoms with van der Waals surface area (Å²) in [5, 5.41) is 40.4. The summed E-state index contributed by atoms with van der Waals surface area (Å²) in [6.07, 6.45) is -6.04. The van der Waals surface area contributed by atoms with Crippen LogP contribution < -0.4 is 19.7 Å². The molecular weight excluding hydrogens is 616 g/mol. The Balaban J connectivity index is 1.98. The molecule has 0 aliphatic rings. The van der Waals surface area contributed by atoms with Gasteiger partial charge in [-0.1, -0.05) is 27.4 Å². The van der Waals surface area contributed by atoms with E-state index in [1.807, 2.05) is 0 Å². The molecule has 4 aromatic rings. The van der Waals surface area contributed by atoms with Crippen LogP contribution in [0.1, 0.15) is 0 Å². The first kappa shape index (κ1) is 33.6. The van der Waals surface area contributed by atoms with Crippen molar-refractivity contribution in [1.29, 1.82) is 0 Å². The number of methoxy groups -OCH3 is 1. The number of rotatable bonds is 6. The molecule has 0 saturated carbocycles. The summed E-state index contributed by atoms with van der Waals surface area (Å²) in [4.78, 5) is 61.9. The quantitative estimate of drug-likeness (QED) is 0.108. The highest BCUT2D eigenvalue weighted by atomic mass is 16.5. The van der Waals surface area contributed by atoms with Crippen LogP contribution in [0.2, 0.25) is 0 Å². The number of aromatic nitrogens is 3. The SMILES string of the molecule is COc1ccc(-c2cc(-c3cccc([N+](C)(C(=O)O)N(C)C(=O)O)n3)nc(-c3cccc([N+](C)(C(=O)O)N(C)C(=O)O)n3)c2)cc1N. The van der Waals surface area contributed by atoms with E-state index in [0.717, 1.165) is 28.2 Å². The van der Waals surface area contributed by atoms with Crippen molar-refractivity contribution >= 4 is 41.7 Å². The topological polar surface area (TPSA) is 230 Å². The molecule has 3 heterocycles. The maximum absolute atomic E-state index is 12.3. The monoisotopic (exact) mass is 648 g/mol. The van der Waals surface area contributed by atoms with Crippen molar-refractivity contribution in [3.05, 3.63) is 66.7 Å². The predicted octanol–water partition coefficient (Wildman–Crippen LogP) is 4.74. The average molecular weight is 649 g/mol. The van der Waals surface area contributed by atoms with Gasteiger partial charge in [0.05, 0.1) is 49.7 Å². The van der Waals surface area contributed by atoms with E-state index in [0.29, 0.717) is 32.6 Å². The molecule has 244 valence electrons. The van der Waals surface area contributed by atoms with E-state index in [-0.39, 0.29) is 34.4 Å². The van der Waals surface area contributed by atoms with Gasteiger partial charge in [-0.15, -0.1) is 10.0 Å². The molecule has 6 N–H and O–H groups in total. The highest BCUT2D eigenvalue weighted by molar-refractivity contribution is 5.84. The molecule has 0 radical (unpaired) electrons. The van der Waals surface area contributed by atoms with Crippen LogP contribution in [0.15, 0.2) is 66.7 Å². The maximum Gasteiger partial charge on any atom is 0.545 e. The first-order chi connectivity index (χ1) is 22.0. The van der Waals surface area contributed by atoms with Gasteiger partial charge in [-0.3, -0.25) is 0 Å². The highest BCUT2D eigenvalue weighted by Gasteiger charge is 2.46. The number of carbonyl (C=O) groups is 4. The first-order valence-electron chi connectivity index (χ1n) is 13.6. The Bertz CT molecular complexity index is 1800. The number of benzene rings is 1. The van der Waals surface area contributed by atoms with Crippen LogP contribution in [0.5, 0.6) is 5.75 Å². The number of hydrogen-bond donors (Lipinski definition) is 5. The number of anilines is 1. The van der Waals surface area contributed by atoms with Gasteiger partial charge >= 0.3 is 24.4 Å². The fourth-order valence-corrected chi connectivity index (χ4v) is 4.59. The molecule has 2 unspecified atom stereocenters. The Kier molecular flexibility index (Phi) is 8.98. The van der Waals surface area contributed by atoms with Gasteiger partial charge in [0, 0.05) is 12.1 Å². The lowest BCUT2D eigenvalue weighted by atomic mass is 10.0. The van der Waals surface area contributed by atoms with Crippen LogP contribution in [0.25, 0.3) is 33.9 Å². The largest absolute Gasteiger partial charge is 0.545 e. The van der Waals surface area contributed by atoms with Gasteiger partial charge in [0.1, 0.15) is 19.8 Å². The standard InChI is InChI=1S/C30H30N8O9/c1-35(27(39)40)37(3,29(43)44)25-10-6-8-20(33-25)22-15-18(17-12-13-24(47-5)19(31)14-17)16-23(32-22)21-9-7-11-26(34-21)38(4,30(45)46)36(2)28(41)42/h6-16H,31H2,1-5H3,(H2-2,39,40,41,42,43,44,45,46)/p+2. The van der Waals surface area contributed by atoms with E-state index < -0.39 is 33.6 Å². The first-order valence-corrected chi connectivity index (χ1v) is 13.6. The van der Waals surface area contributed by atoms with Crippen molar-refractivity contribution in [2.45, 2.75) is 0 Å². The number of ether oxygens (including phenoxy) is 1. The summed E-state index contributed by atoms with van der Waals surface area (Å²) in [5.74, 6) is 0.149. The third-order valence-electron chi connectivity index (χ3n) is 7.77. The molecule has 0 fully saturated rings. The van der Waals surface area contributed by atoms with Gasteiger partial charge in [-0.2, -0.15) is 19.6 Å². The molecule has 4 amide bonds. The molecule has 0 saturated heterocycles. The second-order valence-electron chi connectivity index (χ2n) is 10.4. The molecule has 17 heteroatoms. The smallest absolute Gasteiger partial charge is 0.495 e. The van der Waals surface area contributed by atoms with Crippen molar-refractivity contribution < 1.29 is 44.3 Å². The molecule has 17 nitrogen and oxygen atoms in total. The molecule has 3 aromatic heterocycles. The second-order valence-corrected chi connectivity index (χ2v) is 10.4. The molecule has 47 heavy (non-hydrogen) atoms. The van der Waals surface area contributed by atoms with Crippen LogP contribution in [-0.4, -0.2) is 105 Å². The Labute approximate surface area is 267 Å². The number of hydrogen-bond acceptors (Lipinski definition) is 9. The average Bonchev–Trinajstić information content (AvgIpc) is 3.06. The summed E-state index contributed by atoms with van der Waals surface area (Å²) in [7, 11) is 5.97. The van der Waals surface area contributed by atoms with Crippen molar-refractivity contribution in [2.24, 2.45) is 0 Å². The summed E-state index contributed by atoms with van der Waals surface area (Å²) in [5.41, 5.74) is 8.46. The van der Waals surface area contributed by atoms with Crippen LogP contribution >= 0.6 is 0 Å². The number of nitrogen functional groups attached to an aromatic ring is 1. The maximum atomic E-state index is 12.3. The van der Waals surface area contributed by atoms with Gasteiger partial charge in [-0.25, -0.2) is 14.6 Å². The highest BCUT2D eigenvalue weighted by Crippen LogP contribution is 2.34. The van der Waals surface area contributed by atoms with Crippen LogP contribution in [0.4, 0.5) is 36.5 Å². The normalized spacial score (nSPS) is 13.5. The zero-order valence-corrected chi connectivity index (χ0v) is 25.9. The minimum absolute atomic E-state index is 0.145. The molecular formula is C30H32N8O9+2. The van der Waals surface area contributed by atoms with Gasteiger partial charge in [0.15, 0.2) is 0 Å². The predicted molar refractivity (Wildman–Crippen MR) is 170 cm³/mol. The number of nitrogens with two attached hydrogens (primary N) is 1. The molecule has 0 aliphatic heterocycles. The minimum Gasteiger partial charge on any atom is -0.495 e. The van der Waals surface area contributed by atoms with Crippen LogP contribution in [-0.2, 0) is 0 Å². The van der Waals surface area contributed by atoms with Crippen molar-refractivity contribution in [1.82, 2.24) is 34.2 Å². The summed E-state index contributed by atoms with van der Waals surface area (Å²) >= 11 is 0. The van der Waals surface area contributed by atoms with Gasteiger partial charge in [0.2, 0.25) is 0 Å². The molecule has 0 aliphatic carbocycles. The number of carboxylic acid groups (broad SMARTS) is 4. The second kappa shape index (κ2) is 12.6. The number of quaternary nitrogens is 2. The third kappa shape index (κ3) is 6.02. The Morgan fingerprint density at radius 2 is 1.11 bits per heavy atom. The summed E-state index contributed by atoms with van der Waals surface area (Å²) < 4.78 is 2.82. The van der Waals surface area contributed by atoms with Gasteiger partial charge in [0.25, 0.3) is 11.6 Å². The van der Waals surface area contributed by atoms with Crippen LogP contribution in [0, 0.1) is 0 Å². The molecule has 2 atom stereocenters. The van der Waals surface area contributed by atoms with Gasteiger partial charge < -0.3 is 30.9 Å². The zero-order chi connectivity index (χ0) is 34.8. The van der Waals surface area contributed by atoms with E-state index in [9.17, 15) is 39.6 Å². The van der Waals surface area contributed by atoms with Crippen LogP contribution in [0.3, 0.4) is 0 Å². The number of amides is 4. The van der Waals surface area contributed by atoms with E-state index in [2.05, 4.69) is 9.97 Å². The zero-order valence-electron chi connectivity index (χ0n) is 25.9. The molecule has 0 bridgehead atoms. The Morgan fingerprint density at radius 1 is 0.660 bits per heavy atom. The number of nitrogens with zero attached hydrogens (tertiary/aromatic N) is 7. The number of pyridine rings is 3. The van der Waals surface area contributed by atoms with E-state index >= 15 is 0 Å². The molecule has 1 aromatic carbocycles. The molecule has 0 spiro atoms. The third-order valence-corrected chi connectivity index (χ3v) is 7.77. The Hall–Kier alpha value is -6.33. The van der Waals surface area contributed by atoms with E-state index in [4.69, 9.17) is 15.5 Å². The van der Waals surface area contributed by atoms with Crippen molar-refractivity contribution in [3.8, 4) is 39.7 Å². The lowest BCUT2D eigenvalue weighted by Crippen LogP contribution is -2.62. The lowest BCUT2D eigenvalue weighted by Gasteiger charge is -2.31. The Morgan fingerprint density at radius 3 is 1.47 bits per heavy atom. The van der Waals surface area contributed by atoms with E-state index in [1.165, 1.54) is 31.4 Å². The van der Waals surface area contributed by atoms with Crippen molar-refractivity contribution in [3.63, 3.8) is 0 Å². The minimum atomic E-state index is -1.51. The summed E-state index contributed by atoms with van der Waals surface area (Å²) in [6.45, 7) is 0. The van der Waals surface area contributed by atoms with E-state index in [1.54, 1.807) is 42.5 Å². The lowest BCUT2D eigenvalue weighted by molar-refractivity contribution is 0.0371. The fraction of sp³-hybridized carbons (Fsp3) is 0.167. The fourth-order valence-electron chi connectivity index (χ4n) is 4.59. The summed E-state index contributed by atoms with van der Waals surface area (Å²) in [6, 6.07) is 17.2. The van der Waals surface area contributed by atoms with Crippen molar-refractivity contribution in [2.75, 3.05) is 41.0 Å². The van der Waals surface area contributed by atoms with Gasteiger partial charge in [-0.05, 0) is 47.5 Å². The molecule has 4 rings (SSSR count).